The number of hydrogen-bond acceptors (Lipinski definition) is 4. The summed E-state index contributed by atoms with van der Waals surface area (Å²) in [6.45, 7) is 1.93. The van der Waals surface area contributed by atoms with Crippen LogP contribution in [0.25, 0.3) is 17.4 Å². The van der Waals surface area contributed by atoms with Gasteiger partial charge in [-0.25, -0.2) is 5.43 Å². The van der Waals surface area contributed by atoms with E-state index in [9.17, 15) is 9.59 Å². The molecule has 0 aliphatic heterocycles. The lowest BCUT2D eigenvalue weighted by atomic mass is 10.1. The van der Waals surface area contributed by atoms with E-state index in [1.807, 2.05) is 67.6 Å². The van der Waals surface area contributed by atoms with Gasteiger partial charge in [0.15, 0.2) is 0 Å². The van der Waals surface area contributed by atoms with Crippen LogP contribution in [0.1, 0.15) is 27.2 Å². The van der Waals surface area contributed by atoms with Gasteiger partial charge in [-0.05, 0) is 54.5 Å². The number of carbonyl (C=O) groups is 2. The highest BCUT2D eigenvalue weighted by molar-refractivity contribution is 6.31. The zero-order valence-electron chi connectivity index (χ0n) is 20.0. The average Bonchev–Trinajstić information content (AvgIpc) is 3.39. The van der Waals surface area contributed by atoms with Crippen molar-refractivity contribution in [2.24, 2.45) is 5.10 Å². The van der Waals surface area contributed by atoms with Gasteiger partial charge in [0.05, 0.1) is 6.21 Å². The number of carbonyl (C=O) groups excluding carboxylic acids is 2. The third-order valence-electron chi connectivity index (χ3n) is 5.32. The zero-order chi connectivity index (χ0) is 26.0. The minimum atomic E-state index is -0.588. The minimum absolute atomic E-state index is 0.0348. The lowest BCUT2D eigenvalue weighted by Gasteiger charge is -2.08. The number of halogens is 1. The number of hydrogen-bond donors (Lipinski definition) is 2. The van der Waals surface area contributed by atoms with Crippen molar-refractivity contribution in [1.29, 1.82) is 0 Å². The van der Waals surface area contributed by atoms with Crippen LogP contribution in [0.5, 0.6) is 0 Å². The summed E-state index contributed by atoms with van der Waals surface area (Å²) in [5.74, 6) is 0.0631. The van der Waals surface area contributed by atoms with Crippen LogP contribution in [-0.2, 0) is 4.79 Å². The molecule has 0 saturated carbocycles. The fourth-order valence-corrected chi connectivity index (χ4v) is 3.50. The van der Waals surface area contributed by atoms with E-state index in [1.54, 1.807) is 42.5 Å². The van der Waals surface area contributed by atoms with Crippen molar-refractivity contribution in [3.05, 3.63) is 136 Å². The van der Waals surface area contributed by atoms with E-state index in [1.165, 1.54) is 12.3 Å². The molecular weight excluding hydrogens is 486 g/mol. The van der Waals surface area contributed by atoms with Gasteiger partial charge in [-0.3, -0.25) is 9.59 Å². The number of rotatable bonds is 8. The van der Waals surface area contributed by atoms with Crippen LogP contribution >= 0.6 is 11.6 Å². The first-order valence-corrected chi connectivity index (χ1v) is 11.9. The molecule has 1 aromatic heterocycles. The van der Waals surface area contributed by atoms with E-state index >= 15 is 0 Å². The molecule has 4 aromatic rings. The summed E-state index contributed by atoms with van der Waals surface area (Å²) in [4.78, 5) is 25.5. The SMILES string of the molecule is Cc1ccc(-c2ccc(C=NNC(=O)/C(=C/C=C\c3ccccc3)NC(=O)c3ccccc3)o2)cc1Cl. The van der Waals surface area contributed by atoms with Crippen LogP contribution in [0.4, 0.5) is 0 Å². The summed E-state index contributed by atoms with van der Waals surface area (Å²) in [5.41, 5.74) is 5.66. The Morgan fingerprint density at radius 3 is 2.38 bits per heavy atom. The molecule has 1 heterocycles. The van der Waals surface area contributed by atoms with E-state index in [0.717, 1.165) is 16.7 Å². The van der Waals surface area contributed by atoms with Crippen molar-refractivity contribution in [2.75, 3.05) is 0 Å². The van der Waals surface area contributed by atoms with E-state index in [0.29, 0.717) is 22.1 Å². The molecule has 4 rings (SSSR count). The molecule has 0 bridgehead atoms. The second-order valence-corrected chi connectivity index (χ2v) is 8.44. The lowest BCUT2D eigenvalue weighted by Crippen LogP contribution is -2.32. The van der Waals surface area contributed by atoms with Crippen molar-refractivity contribution >= 4 is 35.7 Å². The Kier molecular flexibility index (Phi) is 8.47. The topological polar surface area (TPSA) is 83.7 Å². The van der Waals surface area contributed by atoms with Gasteiger partial charge in [-0.2, -0.15) is 5.10 Å². The van der Waals surface area contributed by atoms with Gasteiger partial charge in [0, 0.05) is 16.1 Å². The van der Waals surface area contributed by atoms with Crippen LogP contribution in [-0.4, -0.2) is 18.0 Å². The van der Waals surface area contributed by atoms with Crippen molar-refractivity contribution in [3.8, 4) is 11.3 Å². The van der Waals surface area contributed by atoms with E-state index < -0.39 is 11.8 Å². The monoisotopic (exact) mass is 509 g/mol. The zero-order valence-corrected chi connectivity index (χ0v) is 20.8. The molecule has 2 N–H and O–H groups in total. The second kappa shape index (κ2) is 12.3. The molecule has 6 nitrogen and oxygen atoms in total. The average molecular weight is 510 g/mol. The predicted octanol–water partition coefficient (Wildman–Crippen LogP) is 6.39. The second-order valence-electron chi connectivity index (χ2n) is 8.04. The highest BCUT2D eigenvalue weighted by atomic mass is 35.5. The number of nitrogens with one attached hydrogen (secondary N) is 2. The van der Waals surface area contributed by atoms with Crippen molar-refractivity contribution < 1.29 is 14.0 Å². The summed E-state index contributed by atoms with van der Waals surface area (Å²) in [6, 6.07) is 27.4. The first-order chi connectivity index (χ1) is 18.0. The van der Waals surface area contributed by atoms with Gasteiger partial charge >= 0.3 is 0 Å². The number of nitrogens with zero attached hydrogens (tertiary/aromatic N) is 1. The highest BCUT2D eigenvalue weighted by Crippen LogP contribution is 2.26. The Balaban J connectivity index is 1.46. The number of allylic oxidation sites excluding steroid dienone is 2. The maximum absolute atomic E-state index is 12.9. The molecular formula is C30H24ClN3O3. The summed E-state index contributed by atoms with van der Waals surface area (Å²) in [6.07, 6.45) is 6.41. The molecule has 7 heteroatoms. The molecule has 0 radical (unpaired) electrons. The molecule has 184 valence electrons. The van der Waals surface area contributed by atoms with Gasteiger partial charge < -0.3 is 9.73 Å². The fraction of sp³-hybridized carbons (Fsp3) is 0.0333. The molecule has 0 atom stereocenters. The number of amides is 2. The molecule has 2 amide bonds. The number of benzene rings is 3. The maximum Gasteiger partial charge on any atom is 0.287 e. The predicted molar refractivity (Wildman–Crippen MR) is 147 cm³/mol. The van der Waals surface area contributed by atoms with Crippen molar-refractivity contribution in [1.82, 2.24) is 10.7 Å². The van der Waals surface area contributed by atoms with Crippen molar-refractivity contribution in [2.45, 2.75) is 6.92 Å². The smallest absolute Gasteiger partial charge is 0.287 e. The summed E-state index contributed by atoms with van der Waals surface area (Å²) in [7, 11) is 0. The quantitative estimate of drug-likeness (QED) is 0.125. The van der Waals surface area contributed by atoms with Crippen LogP contribution in [0.15, 0.2) is 118 Å². The Morgan fingerprint density at radius 2 is 1.65 bits per heavy atom. The first kappa shape index (κ1) is 25.4. The third kappa shape index (κ3) is 7.16. The van der Waals surface area contributed by atoms with Gasteiger partial charge in [-0.15, -0.1) is 0 Å². The lowest BCUT2D eigenvalue weighted by molar-refractivity contribution is -0.117. The summed E-state index contributed by atoms with van der Waals surface area (Å²) >= 11 is 6.21. The van der Waals surface area contributed by atoms with Crippen LogP contribution in [0, 0.1) is 6.92 Å². The molecule has 3 aromatic carbocycles. The van der Waals surface area contributed by atoms with Gasteiger partial charge in [-0.1, -0.05) is 84.4 Å². The normalized spacial score (nSPS) is 11.7. The van der Waals surface area contributed by atoms with E-state index in [4.69, 9.17) is 16.0 Å². The van der Waals surface area contributed by atoms with E-state index in [2.05, 4.69) is 15.8 Å². The summed E-state index contributed by atoms with van der Waals surface area (Å²) in [5, 5.41) is 7.29. The molecule has 0 fully saturated rings. The molecule has 0 aliphatic rings. The minimum Gasteiger partial charge on any atom is -0.455 e. The summed E-state index contributed by atoms with van der Waals surface area (Å²) < 4.78 is 5.79. The Bertz CT molecular complexity index is 1470. The molecule has 37 heavy (non-hydrogen) atoms. The standard InChI is InChI=1S/C30H24ClN3O3/c1-21-15-16-24(19-26(21)31)28-18-17-25(37-28)20-32-34-30(36)27(14-8-11-22-9-4-2-5-10-22)33-29(35)23-12-6-3-7-13-23/h2-20H,1H3,(H,33,35)(H,34,36)/b11-8-,27-14-,32-20?. The van der Waals surface area contributed by atoms with Crippen LogP contribution < -0.4 is 10.7 Å². The Hall–Kier alpha value is -4.68. The number of aryl methyl sites for hydroxylation is 1. The van der Waals surface area contributed by atoms with Gasteiger partial charge in [0.25, 0.3) is 11.8 Å². The third-order valence-corrected chi connectivity index (χ3v) is 5.73. The Morgan fingerprint density at radius 1 is 0.919 bits per heavy atom. The largest absolute Gasteiger partial charge is 0.455 e. The van der Waals surface area contributed by atoms with Crippen molar-refractivity contribution in [3.63, 3.8) is 0 Å². The van der Waals surface area contributed by atoms with E-state index in [-0.39, 0.29) is 5.70 Å². The van der Waals surface area contributed by atoms with Gasteiger partial charge in [0.1, 0.15) is 17.2 Å². The van der Waals surface area contributed by atoms with Crippen LogP contribution in [0.3, 0.4) is 0 Å². The first-order valence-electron chi connectivity index (χ1n) is 11.5. The number of furan rings is 1. The van der Waals surface area contributed by atoms with Crippen LogP contribution in [0.2, 0.25) is 5.02 Å². The molecule has 0 aliphatic carbocycles. The molecule has 0 saturated heterocycles. The Labute approximate surface area is 220 Å². The maximum atomic E-state index is 12.9. The van der Waals surface area contributed by atoms with Gasteiger partial charge in [0.2, 0.25) is 0 Å². The fourth-order valence-electron chi connectivity index (χ4n) is 3.32. The number of hydrazone groups is 1. The molecule has 0 spiro atoms. The molecule has 0 unspecified atom stereocenters. The highest BCUT2D eigenvalue weighted by Gasteiger charge is 2.13.